The van der Waals surface area contributed by atoms with Crippen molar-refractivity contribution in [1.29, 1.82) is 0 Å². The standard InChI is InChI=1S/C34H41NO4/c1-4-6-30(33-24(3)38-33)36-21-25-11-17-28(18-12-25)35(27-15-9-23(2)10-16-27)29-19-13-26(14-20-29)22-37-31-7-5-8-32-34(31)39-32/h9-20,24,30-34H,4-8,21-22H2,1-3H3. The fraction of sp³-hybridized carbons (Fsp3) is 0.471. The highest BCUT2D eigenvalue weighted by molar-refractivity contribution is 5.76. The molecule has 5 nitrogen and oxygen atoms in total. The number of hydrogen-bond acceptors (Lipinski definition) is 5. The zero-order chi connectivity index (χ0) is 26.8. The molecule has 5 heteroatoms. The summed E-state index contributed by atoms with van der Waals surface area (Å²) in [6.45, 7) is 7.67. The zero-order valence-corrected chi connectivity index (χ0v) is 23.4. The molecule has 6 unspecified atom stereocenters. The highest BCUT2D eigenvalue weighted by Crippen LogP contribution is 2.39. The Labute approximate surface area is 233 Å². The number of benzene rings is 3. The molecule has 0 N–H and O–H groups in total. The molecule has 2 aliphatic heterocycles. The maximum absolute atomic E-state index is 6.28. The largest absolute Gasteiger partial charge is 0.371 e. The molecule has 0 amide bonds. The van der Waals surface area contributed by atoms with E-state index in [1.165, 1.54) is 29.5 Å². The number of anilines is 3. The van der Waals surface area contributed by atoms with E-state index < -0.39 is 0 Å². The molecule has 3 aliphatic rings. The van der Waals surface area contributed by atoms with Crippen molar-refractivity contribution >= 4 is 17.1 Å². The third kappa shape index (κ3) is 6.38. The van der Waals surface area contributed by atoms with Crippen molar-refractivity contribution in [2.75, 3.05) is 4.90 Å². The second-order valence-corrected chi connectivity index (χ2v) is 11.4. The maximum Gasteiger partial charge on any atom is 0.110 e. The summed E-state index contributed by atoms with van der Waals surface area (Å²) in [5.74, 6) is 0. The molecular formula is C34H41NO4. The molecule has 0 bridgehead atoms. The van der Waals surface area contributed by atoms with Gasteiger partial charge in [-0.25, -0.2) is 0 Å². The smallest absolute Gasteiger partial charge is 0.110 e. The van der Waals surface area contributed by atoms with E-state index in [-0.39, 0.29) is 18.3 Å². The van der Waals surface area contributed by atoms with Crippen molar-refractivity contribution in [2.45, 2.75) is 103 Å². The molecule has 6 rings (SSSR count). The minimum absolute atomic E-state index is 0.174. The Kier molecular flexibility index (Phi) is 8.03. The van der Waals surface area contributed by atoms with Gasteiger partial charge in [0.1, 0.15) is 12.2 Å². The van der Waals surface area contributed by atoms with Crippen LogP contribution in [0, 0.1) is 6.92 Å². The molecule has 1 saturated carbocycles. The molecule has 1 aliphatic carbocycles. The van der Waals surface area contributed by atoms with Crippen LogP contribution in [0.4, 0.5) is 17.1 Å². The minimum Gasteiger partial charge on any atom is -0.371 e. The average molecular weight is 528 g/mol. The van der Waals surface area contributed by atoms with Crippen molar-refractivity contribution in [1.82, 2.24) is 0 Å². The normalized spacial score (nSPS) is 26.1. The van der Waals surface area contributed by atoms with Crippen LogP contribution < -0.4 is 4.90 Å². The number of rotatable bonds is 12. The lowest BCUT2D eigenvalue weighted by atomic mass is 9.98. The number of hydrogen-bond donors (Lipinski definition) is 0. The van der Waals surface area contributed by atoms with Crippen molar-refractivity contribution in [2.24, 2.45) is 0 Å². The van der Waals surface area contributed by atoms with Crippen LogP contribution in [0.3, 0.4) is 0 Å². The van der Waals surface area contributed by atoms with E-state index in [0.717, 1.165) is 36.3 Å². The molecule has 39 heavy (non-hydrogen) atoms. The van der Waals surface area contributed by atoms with Crippen LogP contribution in [0.2, 0.25) is 0 Å². The summed E-state index contributed by atoms with van der Waals surface area (Å²) in [5.41, 5.74) is 6.99. The molecule has 3 fully saturated rings. The van der Waals surface area contributed by atoms with Crippen molar-refractivity contribution < 1.29 is 18.9 Å². The molecular weight excluding hydrogens is 486 g/mol. The highest BCUT2D eigenvalue weighted by Gasteiger charge is 2.47. The van der Waals surface area contributed by atoms with Gasteiger partial charge in [0.25, 0.3) is 0 Å². The SMILES string of the molecule is CCCC(OCc1ccc(N(c2ccc(C)cc2)c2ccc(COC3CCCC4OC34)cc2)cc1)C1OC1C. The summed E-state index contributed by atoms with van der Waals surface area (Å²) < 4.78 is 24.0. The monoisotopic (exact) mass is 527 g/mol. The van der Waals surface area contributed by atoms with E-state index in [1.54, 1.807) is 0 Å². The van der Waals surface area contributed by atoms with E-state index in [1.807, 2.05) is 0 Å². The van der Waals surface area contributed by atoms with Crippen molar-refractivity contribution in [3.63, 3.8) is 0 Å². The molecule has 0 aromatic heterocycles. The molecule has 0 spiro atoms. The molecule has 2 saturated heterocycles. The van der Waals surface area contributed by atoms with Gasteiger partial charge in [0.15, 0.2) is 0 Å². The third-order valence-corrected chi connectivity index (χ3v) is 8.27. The Hall–Kier alpha value is -2.70. The van der Waals surface area contributed by atoms with Gasteiger partial charge < -0.3 is 23.8 Å². The Morgan fingerprint density at radius 2 is 1.41 bits per heavy atom. The molecule has 3 aromatic carbocycles. The molecule has 6 atom stereocenters. The van der Waals surface area contributed by atoms with Gasteiger partial charge in [0, 0.05) is 17.1 Å². The summed E-state index contributed by atoms with van der Waals surface area (Å²) in [5, 5.41) is 0. The summed E-state index contributed by atoms with van der Waals surface area (Å²) in [6.07, 6.45) is 7.38. The molecule has 3 aromatic rings. The fourth-order valence-corrected chi connectivity index (χ4v) is 5.83. The van der Waals surface area contributed by atoms with Crippen LogP contribution in [0.5, 0.6) is 0 Å². The number of fused-ring (bicyclic) bond motifs is 1. The first kappa shape index (κ1) is 26.5. The van der Waals surface area contributed by atoms with Crippen LogP contribution in [0.1, 0.15) is 62.6 Å². The molecule has 2 heterocycles. The topological polar surface area (TPSA) is 46.8 Å². The van der Waals surface area contributed by atoms with Gasteiger partial charge in [-0.1, -0.05) is 55.3 Å². The average Bonchev–Trinajstić information content (AvgIpc) is 3.89. The summed E-state index contributed by atoms with van der Waals surface area (Å²) in [7, 11) is 0. The number of aryl methyl sites for hydroxylation is 1. The van der Waals surface area contributed by atoms with Crippen molar-refractivity contribution in [3.05, 3.63) is 89.5 Å². The van der Waals surface area contributed by atoms with Crippen LogP contribution in [0.25, 0.3) is 0 Å². The van der Waals surface area contributed by atoms with E-state index in [0.29, 0.717) is 31.5 Å². The number of ether oxygens (including phenoxy) is 4. The van der Waals surface area contributed by atoms with E-state index in [9.17, 15) is 0 Å². The molecule has 0 radical (unpaired) electrons. The molecule has 206 valence electrons. The predicted octanol–water partition coefficient (Wildman–Crippen LogP) is 7.77. The Bertz CT molecular complexity index is 1210. The lowest BCUT2D eigenvalue weighted by Gasteiger charge is -2.26. The summed E-state index contributed by atoms with van der Waals surface area (Å²) in [4.78, 5) is 2.30. The van der Waals surface area contributed by atoms with Crippen LogP contribution in [-0.2, 0) is 32.2 Å². The Balaban J connectivity index is 1.15. The maximum atomic E-state index is 6.28. The summed E-state index contributed by atoms with van der Waals surface area (Å²) in [6, 6.07) is 26.2. The van der Waals surface area contributed by atoms with Crippen molar-refractivity contribution in [3.8, 4) is 0 Å². The minimum atomic E-state index is 0.174. The fourth-order valence-electron chi connectivity index (χ4n) is 5.83. The summed E-state index contributed by atoms with van der Waals surface area (Å²) >= 11 is 0. The van der Waals surface area contributed by atoms with Gasteiger partial charge in [0.05, 0.1) is 37.6 Å². The van der Waals surface area contributed by atoms with Gasteiger partial charge in [-0.15, -0.1) is 0 Å². The van der Waals surface area contributed by atoms with Gasteiger partial charge in [0.2, 0.25) is 0 Å². The van der Waals surface area contributed by atoms with E-state index in [4.69, 9.17) is 18.9 Å². The second-order valence-electron chi connectivity index (χ2n) is 11.4. The lowest BCUT2D eigenvalue weighted by molar-refractivity contribution is 0.0135. The van der Waals surface area contributed by atoms with Gasteiger partial charge in [-0.05, 0) is 87.1 Å². The zero-order valence-electron chi connectivity index (χ0n) is 23.4. The predicted molar refractivity (Wildman–Crippen MR) is 155 cm³/mol. The van der Waals surface area contributed by atoms with Gasteiger partial charge in [-0.2, -0.15) is 0 Å². The highest BCUT2D eigenvalue weighted by atomic mass is 16.6. The van der Waals surface area contributed by atoms with Crippen LogP contribution in [-0.4, -0.2) is 36.6 Å². The number of nitrogens with zero attached hydrogens (tertiary/aromatic N) is 1. The first-order valence-corrected chi connectivity index (χ1v) is 14.7. The first-order valence-electron chi connectivity index (χ1n) is 14.7. The van der Waals surface area contributed by atoms with Gasteiger partial charge in [-0.3, -0.25) is 0 Å². The van der Waals surface area contributed by atoms with Crippen LogP contribution >= 0.6 is 0 Å². The van der Waals surface area contributed by atoms with Crippen LogP contribution in [0.15, 0.2) is 72.8 Å². The number of epoxide rings is 2. The quantitative estimate of drug-likeness (QED) is 0.225. The Morgan fingerprint density at radius 1 is 0.821 bits per heavy atom. The third-order valence-electron chi connectivity index (χ3n) is 8.27. The Morgan fingerprint density at radius 3 is 2.00 bits per heavy atom. The lowest BCUT2D eigenvalue weighted by Crippen LogP contribution is -2.25. The first-order chi connectivity index (χ1) is 19.1. The van der Waals surface area contributed by atoms with Gasteiger partial charge >= 0.3 is 0 Å². The second kappa shape index (κ2) is 11.8. The van der Waals surface area contributed by atoms with E-state index in [2.05, 4.69) is 98.5 Å². The van der Waals surface area contributed by atoms with E-state index >= 15 is 0 Å².